The quantitative estimate of drug-likeness (QED) is 0.121. The van der Waals surface area contributed by atoms with Gasteiger partial charge in [0.1, 0.15) is 0 Å². The third kappa shape index (κ3) is 10.1. The third-order valence-electron chi connectivity index (χ3n) is 16.3. The van der Waals surface area contributed by atoms with Crippen molar-refractivity contribution in [1.29, 1.82) is 0 Å². The molecule has 90 heavy (non-hydrogen) atoms. The van der Waals surface area contributed by atoms with Crippen molar-refractivity contribution >= 4 is 77.7 Å². The van der Waals surface area contributed by atoms with Crippen molar-refractivity contribution in [2.45, 2.75) is 52.4 Å². The highest BCUT2D eigenvalue weighted by Gasteiger charge is 2.29. The molecule has 4 heteroatoms. The lowest BCUT2D eigenvalue weighted by molar-refractivity contribution is 0.590. The van der Waals surface area contributed by atoms with Crippen LogP contribution in [0.2, 0.25) is 0 Å². The zero-order chi connectivity index (χ0) is 82.0. The molecule has 2 heterocycles. The van der Waals surface area contributed by atoms with Crippen molar-refractivity contribution in [3.05, 3.63) is 326 Å². The number of hydrogen-bond donors (Lipinski definition) is 0. The molecule has 0 radical (unpaired) electrons. The largest absolute Gasteiger partial charge is 0.310 e. The Kier molecular flexibility index (Phi) is 8.85. The molecule has 15 aromatic rings. The van der Waals surface area contributed by atoms with Crippen LogP contribution < -0.4 is 9.80 Å². The zero-order valence-electron chi connectivity index (χ0n) is 74.0. The molecule has 0 N–H and O–H groups in total. The summed E-state index contributed by atoms with van der Waals surface area (Å²) >= 11 is 0. The van der Waals surface area contributed by atoms with Gasteiger partial charge in [-0.15, -0.1) is 0 Å². The molecule has 434 valence electrons. The summed E-state index contributed by atoms with van der Waals surface area (Å²) in [5, 5.41) is -1.51. The third-order valence-corrected chi connectivity index (χ3v) is 16.3. The van der Waals surface area contributed by atoms with E-state index >= 15 is 0 Å². The zero-order valence-corrected chi connectivity index (χ0v) is 50.0. The van der Waals surface area contributed by atoms with Crippen LogP contribution >= 0.6 is 0 Å². The van der Waals surface area contributed by atoms with E-state index in [9.17, 15) is 21.9 Å². The summed E-state index contributed by atoms with van der Waals surface area (Å²) in [5.41, 5.74) is 1.25. The van der Waals surface area contributed by atoms with Crippen LogP contribution in [-0.4, -0.2) is 9.13 Å². The Morgan fingerprint density at radius 2 is 0.689 bits per heavy atom. The van der Waals surface area contributed by atoms with Crippen LogP contribution in [-0.2, 0) is 10.8 Å². The molecule has 0 saturated carbocycles. The number of nitrogens with zero attached hydrogens (tertiary/aromatic N) is 4. The average molecular weight is 1180 g/mol. The molecule has 0 spiro atoms. The molecule has 0 aliphatic carbocycles. The van der Waals surface area contributed by atoms with E-state index in [2.05, 4.69) is 20.8 Å². The van der Waals surface area contributed by atoms with Gasteiger partial charge in [-0.1, -0.05) is 260 Å². The van der Waals surface area contributed by atoms with Crippen molar-refractivity contribution < 1.29 is 32.9 Å². The number of fused-ring (bicyclic) bond motifs is 6. The SMILES string of the molecule is [2H]c1c([2H])c(N(c2cc(-c3ccc(C(C)(C)C)cc3)cc(N(c3c(-c4ccccc4)cc(C(C)(C)C)cc3-c3ccccc3)c3c([2H])c([2H])c([2H])c(-n4c5c([2H])c([2H])c([2H])c([2H])c5c5c([2H])c([2H])c([2H])c([2H])c54)c3[2H])c2)c2ccccc2-c2ccccc2)c([2H])c(-n2c3c([2H])c([2H])c([2H])c([2H])c3c3c([2H])c([2H])c([2H])c([2H])c32)c1[2H]. The maximum atomic E-state index is 11.2. The maximum absolute atomic E-state index is 11.2. The van der Waals surface area contributed by atoms with Gasteiger partial charge >= 0.3 is 0 Å². The van der Waals surface area contributed by atoms with Crippen LogP contribution in [0.4, 0.5) is 34.1 Å². The van der Waals surface area contributed by atoms with Crippen LogP contribution in [0.3, 0.4) is 0 Å². The molecule has 0 saturated heterocycles. The lowest BCUT2D eigenvalue weighted by Crippen LogP contribution is -2.17. The summed E-state index contributed by atoms with van der Waals surface area (Å²) in [5.74, 6) is 0. The molecule has 0 aliphatic heterocycles. The van der Waals surface area contributed by atoms with Gasteiger partial charge in [0.05, 0.1) is 66.3 Å². The summed E-state index contributed by atoms with van der Waals surface area (Å²) in [4.78, 5) is 3.09. The lowest BCUT2D eigenvalue weighted by atomic mass is 9.82. The summed E-state index contributed by atoms with van der Waals surface area (Å²) in [6.07, 6.45) is 0. The van der Waals surface area contributed by atoms with Crippen LogP contribution in [0.5, 0.6) is 0 Å². The minimum absolute atomic E-state index is 0.0366. The van der Waals surface area contributed by atoms with E-state index < -0.39 is 201 Å². The molecule has 2 aromatic heterocycles. The predicted molar refractivity (Wildman–Crippen MR) is 384 cm³/mol. The van der Waals surface area contributed by atoms with Crippen LogP contribution in [0.25, 0.3) is 99.5 Å². The number of benzene rings is 13. The topological polar surface area (TPSA) is 16.3 Å². The minimum Gasteiger partial charge on any atom is -0.310 e. The standard InChI is InChI=1S/C86H70N4/c1-85(2,3)64-50-48-59(49-51-64)63-52-70(87(79-43-21-16-38-72(79)60-28-10-7-11-29-60)66-34-26-36-68(56-66)89-80-44-22-17-39-73(80)74-40-18-23-45-81(74)89)58-71(53-63)88(67-35-27-37-69(57-67)90-82-46-24-19-41-75(82)76-42-20-25-47-83(76)90)84-77(61-30-12-8-13-31-61)54-65(86(4,5)6)55-78(84)62-32-14-9-15-33-62/h7-58H,1-6H3/i17D,18D,19D,20D,22D,23D,24D,25D,26D,27D,34D,35D,36D,37D,39D,40D,41D,42D,44D,45D,46D,47D,56D,57D. The fourth-order valence-corrected chi connectivity index (χ4v) is 11.8. The maximum Gasteiger partial charge on any atom is 0.0667 e. The number of hydrogen-bond acceptors (Lipinski definition) is 2. The normalized spacial score (nSPS) is 15.6. The molecule has 15 rings (SSSR count). The minimum atomic E-state index is -0.848. The molecule has 13 aromatic carbocycles. The first-order valence-corrected chi connectivity index (χ1v) is 29.5. The van der Waals surface area contributed by atoms with Crippen LogP contribution in [0.1, 0.15) is 85.6 Å². The fourth-order valence-electron chi connectivity index (χ4n) is 11.8. The van der Waals surface area contributed by atoms with Crippen molar-refractivity contribution in [2.75, 3.05) is 9.80 Å². The van der Waals surface area contributed by atoms with Crippen molar-refractivity contribution in [3.63, 3.8) is 0 Å². The molecule has 0 aliphatic rings. The van der Waals surface area contributed by atoms with E-state index in [1.807, 2.05) is 136 Å². The summed E-state index contributed by atoms with van der Waals surface area (Å²) < 4.78 is 234. The Hall–Kier alpha value is -10.9. The van der Waals surface area contributed by atoms with E-state index in [1.54, 1.807) is 59.5 Å². The van der Waals surface area contributed by atoms with Crippen LogP contribution in [0.15, 0.2) is 315 Å². The second-order valence-corrected chi connectivity index (χ2v) is 24.0. The number of para-hydroxylation sites is 5. The Morgan fingerprint density at radius 1 is 0.300 bits per heavy atom. The van der Waals surface area contributed by atoms with Gasteiger partial charge in [-0.2, -0.15) is 0 Å². The van der Waals surface area contributed by atoms with Crippen molar-refractivity contribution in [2.24, 2.45) is 0 Å². The van der Waals surface area contributed by atoms with Gasteiger partial charge in [0.15, 0.2) is 0 Å². The Morgan fingerprint density at radius 3 is 1.13 bits per heavy atom. The smallest absolute Gasteiger partial charge is 0.0667 e. The second-order valence-electron chi connectivity index (χ2n) is 24.0. The Balaban J connectivity index is 1.19. The highest BCUT2D eigenvalue weighted by atomic mass is 15.2. The second kappa shape index (κ2) is 22.6. The first kappa shape index (κ1) is 35.2. The van der Waals surface area contributed by atoms with Crippen molar-refractivity contribution in [1.82, 2.24) is 9.13 Å². The highest BCUT2D eigenvalue weighted by molar-refractivity contribution is 6.11. The Labute approximate surface area is 562 Å². The van der Waals surface area contributed by atoms with Gasteiger partial charge in [-0.05, 0) is 147 Å². The van der Waals surface area contributed by atoms with Gasteiger partial charge in [-0.3, -0.25) is 0 Å². The first-order chi connectivity index (χ1) is 53.9. The molecular formula is C86H70N4. The fraction of sp³-hybridized carbons (Fsp3) is 0.0930. The average Bonchev–Trinajstić information content (AvgIpc) is 1.52. The molecule has 0 unspecified atom stereocenters. The number of aromatic nitrogens is 2. The number of rotatable bonds is 12. The summed E-state index contributed by atoms with van der Waals surface area (Å²) in [7, 11) is 0. The molecule has 0 fully saturated rings. The molecule has 0 bridgehead atoms. The van der Waals surface area contributed by atoms with Gasteiger partial charge in [0.2, 0.25) is 0 Å². The highest BCUT2D eigenvalue weighted by Crippen LogP contribution is 2.52. The number of anilines is 6. The predicted octanol–water partition coefficient (Wildman–Crippen LogP) is 24.1. The van der Waals surface area contributed by atoms with E-state index in [4.69, 9.17) is 11.0 Å². The van der Waals surface area contributed by atoms with E-state index in [0.29, 0.717) is 44.5 Å². The van der Waals surface area contributed by atoms with Crippen molar-refractivity contribution in [3.8, 4) is 55.9 Å². The van der Waals surface area contributed by atoms with Gasteiger partial charge in [0.25, 0.3) is 0 Å². The van der Waals surface area contributed by atoms with Gasteiger partial charge < -0.3 is 18.9 Å². The van der Waals surface area contributed by atoms with Crippen LogP contribution in [0, 0.1) is 0 Å². The first-order valence-electron chi connectivity index (χ1n) is 41.5. The monoisotopic (exact) mass is 1180 g/mol. The van der Waals surface area contributed by atoms with Gasteiger partial charge in [0, 0.05) is 72.4 Å². The summed E-state index contributed by atoms with van der Waals surface area (Å²) in [6, 6.07) is 32.9. The molecule has 0 amide bonds. The van der Waals surface area contributed by atoms with E-state index in [-0.39, 0.29) is 44.3 Å². The molecule has 4 nitrogen and oxygen atoms in total. The summed E-state index contributed by atoms with van der Waals surface area (Å²) in [6.45, 7) is 12.3. The van der Waals surface area contributed by atoms with E-state index in [0.717, 1.165) is 20.3 Å². The van der Waals surface area contributed by atoms with E-state index in [1.165, 1.54) is 4.90 Å². The Bertz CT molecular complexity index is 6390. The lowest BCUT2D eigenvalue weighted by Gasteiger charge is -2.34. The van der Waals surface area contributed by atoms with Gasteiger partial charge in [-0.25, -0.2) is 0 Å². The molecular weight excluding hydrogens is 1090 g/mol. The molecule has 0 atom stereocenters.